The number of Topliss-reactive ketones (excluding diaryl/α,β-unsaturated/α-hetero) is 1. The lowest BCUT2D eigenvalue weighted by Gasteiger charge is -2.07. The van der Waals surface area contributed by atoms with Gasteiger partial charge in [-0.2, -0.15) is 0 Å². The van der Waals surface area contributed by atoms with Gasteiger partial charge in [0.05, 0.1) is 0 Å². The van der Waals surface area contributed by atoms with Crippen molar-refractivity contribution in [2.24, 2.45) is 0 Å². The number of rotatable bonds is 5. The fourth-order valence-electron chi connectivity index (χ4n) is 1.79. The van der Waals surface area contributed by atoms with E-state index < -0.39 is 0 Å². The fourth-order valence-corrected chi connectivity index (χ4v) is 2.02. The van der Waals surface area contributed by atoms with Gasteiger partial charge in [0, 0.05) is 16.5 Å². The number of hydrogen-bond acceptors (Lipinski definition) is 1. The van der Waals surface area contributed by atoms with Crippen LogP contribution in [0.4, 0.5) is 0 Å². The highest BCUT2D eigenvalue weighted by molar-refractivity contribution is 9.10. The molecule has 0 amide bonds. The fraction of sp³-hybridized carbons (Fsp3) is 0.500. The molecule has 1 nitrogen and oxygen atoms in total. The van der Waals surface area contributed by atoms with Crippen molar-refractivity contribution in [3.63, 3.8) is 0 Å². The van der Waals surface area contributed by atoms with Gasteiger partial charge >= 0.3 is 0 Å². The third-order valence-corrected chi connectivity index (χ3v) is 4.02. The standard InChI is InChI=1S/C14H19BrO/c1-4-5-6-7-13(16)12-8-10(2)14(15)11(3)9-12/h8-9H,4-7H2,1-3H3. The Bertz CT molecular complexity index is 359. The summed E-state index contributed by atoms with van der Waals surface area (Å²) in [4.78, 5) is 11.9. The molecule has 1 aromatic rings. The summed E-state index contributed by atoms with van der Waals surface area (Å²) in [5.41, 5.74) is 3.13. The SMILES string of the molecule is CCCCCC(=O)c1cc(C)c(Br)c(C)c1. The predicted molar refractivity (Wildman–Crippen MR) is 72.1 cm³/mol. The number of ketones is 1. The summed E-state index contributed by atoms with van der Waals surface area (Å²) < 4.78 is 1.11. The Kier molecular flexibility index (Phi) is 5.20. The van der Waals surface area contributed by atoms with Crippen LogP contribution in [0, 0.1) is 13.8 Å². The number of carbonyl (C=O) groups is 1. The van der Waals surface area contributed by atoms with Gasteiger partial charge < -0.3 is 0 Å². The molecule has 0 aliphatic heterocycles. The van der Waals surface area contributed by atoms with Crippen molar-refractivity contribution in [3.8, 4) is 0 Å². The van der Waals surface area contributed by atoms with Crippen LogP contribution < -0.4 is 0 Å². The number of aryl methyl sites for hydroxylation is 2. The molecule has 1 aromatic carbocycles. The maximum atomic E-state index is 11.9. The Morgan fingerprint density at radius 1 is 1.19 bits per heavy atom. The highest BCUT2D eigenvalue weighted by atomic mass is 79.9. The van der Waals surface area contributed by atoms with E-state index in [1.165, 1.54) is 0 Å². The largest absolute Gasteiger partial charge is 0.294 e. The maximum absolute atomic E-state index is 11.9. The molecule has 0 aliphatic rings. The summed E-state index contributed by atoms with van der Waals surface area (Å²) in [5.74, 6) is 0.271. The van der Waals surface area contributed by atoms with Crippen molar-refractivity contribution in [1.29, 1.82) is 0 Å². The molecule has 0 atom stereocenters. The van der Waals surface area contributed by atoms with E-state index in [1.54, 1.807) is 0 Å². The van der Waals surface area contributed by atoms with E-state index in [1.807, 2.05) is 26.0 Å². The molecule has 0 unspecified atom stereocenters. The highest BCUT2D eigenvalue weighted by Crippen LogP contribution is 2.23. The van der Waals surface area contributed by atoms with Crippen molar-refractivity contribution < 1.29 is 4.79 Å². The van der Waals surface area contributed by atoms with Gasteiger partial charge in [0.2, 0.25) is 0 Å². The van der Waals surface area contributed by atoms with Crippen LogP contribution in [0.3, 0.4) is 0 Å². The lowest BCUT2D eigenvalue weighted by Crippen LogP contribution is -2.00. The monoisotopic (exact) mass is 282 g/mol. The molecule has 2 heteroatoms. The lowest BCUT2D eigenvalue weighted by molar-refractivity contribution is 0.0979. The van der Waals surface area contributed by atoms with Gasteiger partial charge in [-0.05, 0) is 43.5 Å². The zero-order chi connectivity index (χ0) is 12.1. The van der Waals surface area contributed by atoms with E-state index in [4.69, 9.17) is 0 Å². The van der Waals surface area contributed by atoms with Crippen LogP contribution in [0.1, 0.15) is 54.1 Å². The Morgan fingerprint density at radius 3 is 2.25 bits per heavy atom. The first kappa shape index (κ1) is 13.4. The van der Waals surface area contributed by atoms with Crippen LogP contribution in [0.2, 0.25) is 0 Å². The Morgan fingerprint density at radius 2 is 1.75 bits per heavy atom. The topological polar surface area (TPSA) is 17.1 Å². The molecule has 0 aliphatic carbocycles. The number of halogens is 1. The molecule has 0 fully saturated rings. The summed E-state index contributed by atoms with van der Waals surface area (Å²) in [6, 6.07) is 3.96. The number of carbonyl (C=O) groups excluding carboxylic acids is 1. The lowest BCUT2D eigenvalue weighted by atomic mass is 10.0. The van der Waals surface area contributed by atoms with Gasteiger partial charge in [0.15, 0.2) is 5.78 Å². The van der Waals surface area contributed by atoms with E-state index in [-0.39, 0.29) is 5.78 Å². The van der Waals surface area contributed by atoms with Gasteiger partial charge in [0.25, 0.3) is 0 Å². The summed E-state index contributed by atoms with van der Waals surface area (Å²) in [6.07, 6.45) is 3.98. The summed E-state index contributed by atoms with van der Waals surface area (Å²) in [5, 5.41) is 0. The van der Waals surface area contributed by atoms with Gasteiger partial charge in [-0.25, -0.2) is 0 Å². The average molecular weight is 283 g/mol. The van der Waals surface area contributed by atoms with Crippen LogP contribution >= 0.6 is 15.9 Å². The van der Waals surface area contributed by atoms with Gasteiger partial charge in [0.1, 0.15) is 0 Å². The molecule has 0 heterocycles. The van der Waals surface area contributed by atoms with Crippen LogP contribution in [-0.2, 0) is 0 Å². The average Bonchev–Trinajstić information content (AvgIpc) is 2.25. The smallest absolute Gasteiger partial charge is 0.162 e. The van der Waals surface area contributed by atoms with Gasteiger partial charge in [-0.15, -0.1) is 0 Å². The van der Waals surface area contributed by atoms with Gasteiger partial charge in [-0.3, -0.25) is 4.79 Å². The molecule has 0 saturated heterocycles. The van der Waals surface area contributed by atoms with E-state index in [0.717, 1.165) is 40.4 Å². The normalized spacial score (nSPS) is 10.5. The van der Waals surface area contributed by atoms with Crippen LogP contribution in [0.5, 0.6) is 0 Å². The van der Waals surface area contributed by atoms with Crippen LogP contribution in [0.25, 0.3) is 0 Å². The molecule has 0 saturated carbocycles. The minimum atomic E-state index is 0.271. The highest BCUT2D eigenvalue weighted by Gasteiger charge is 2.09. The summed E-state index contributed by atoms with van der Waals surface area (Å²) >= 11 is 3.51. The third kappa shape index (κ3) is 3.44. The minimum Gasteiger partial charge on any atom is -0.294 e. The third-order valence-electron chi connectivity index (χ3n) is 2.77. The van der Waals surface area contributed by atoms with E-state index in [9.17, 15) is 4.79 Å². The number of hydrogen-bond donors (Lipinski definition) is 0. The van der Waals surface area contributed by atoms with E-state index in [0.29, 0.717) is 6.42 Å². The minimum absolute atomic E-state index is 0.271. The quantitative estimate of drug-likeness (QED) is 0.559. The molecule has 88 valence electrons. The van der Waals surface area contributed by atoms with Crippen LogP contribution in [0.15, 0.2) is 16.6 Å². The number of unbranched alkanes of at least 4 members (excludes halogenated alkanes) is 2. The maximum Gasteiger partial charge on any atom is 0.162 e. The van der Waals surface area contributed by atoms with Crippen molar-refractivity contribution in [2.75, 3.05) is 0 Å². The van der Waals surface area contributed by atoms with Crippen molar-refractivity contribution in [1.82, 2.24) is 0 Å². The molecule has 0 radical (unpaired) electrons. The second-order valence-corrected chi connectivity index (χ2v) is 5.10. The second-order valence-electron chi connectivity index (χ2n) is 4.30. The van der Waals surface area contributed by atoms with Crippen molar-refractivity contribution in [3.05, 3.63) is 33.3 Å². The zero-order valence-corrected chi connectivity index (χ0v) is 11.9. The van der Waals surface area contributed by atoms with Crippen LogP contribution in [-0.4, -0.2) is 5.78 Å². The van der Waals surface area contributed by atoms with Gasteiger partial charge in [-0.1, -0.05) is 35.7 Å². The molecule has 0 aromatic heterocycles. The predicted octanol–water partition coefficient (Wildman–Crippen LogP) is 4.83. The Balaban J connectivity index is 2.76. The zero-order valence-electron chi connectivity index (χ0n) is 10.3. The first-order chi connectivity index (χ1) is 7.56. The van der Waals surface area contributed by atoms with Crippen molar-refractivity contribution >= 4 is 21.7 Å². The first-order valence-corrected chi connectivity index (χ1v) is 6.65. The summed E-state index contributed by atoms with van der Waals surface area (Å²) in [6.45, 7) is 6.21. The Hall–Kier alpha value is -0.630. The molecular formula is C14H19BrO. The van der Waals surface area contributed by atoms with E-state index in [2.05, 4.69) is 22.9 Å². The first-order valence-electron chi connectivity index (χ1n) is 5.86. The molecule has 0 spiro atoms. The Labute approximate surface area is 106 Å². The second kappa shape index (κ2) is 6.19. The number of benzene rings is 1. The molecule has 1 rings (SSSR count). The molecule has 16 heavy (non-hydrogen) atoms. The molecular weight excluding hydrogens is 264 g/mol. The summed E-state index contributed by atoms with van der Waals surface area (Å²) in [7, 11) is 0. The molecule has 0 bridgehead atoms. The van der Waals surface area contributed by atoms with Crippen molar-refractivity contribution in [2.45, 2.75) is 46.5 Å². The van der Waals surface area contributed by atoms with E-state index >= 15 is 0 Å². The molecule has 0 N–H and O–H groups in total.